The maximum atomic E-state index is 6.18. The Morgan fingerprint density at radius 3 is 2.57 bits per heavy atom. The van der Waals surface area contributed by atoms with E-state index in [0.29, 0.717) is 11.6 Å². The monoisotopic (exact) mass is 304 g/mol. The van der Waals surface area contributed by atoms with Crippen molar-refractivity contribution >= 4 is 17.3 Å². The third kappa shape index (κ3) is 4.38. The molecule has 0 aromatic heterocycles. The van der Waals surface area contributed by atoms with Crippen LogP contribution in [0.2, 0.25) is 5.02 Å². The van der Waals surface area contributed by atoms with Crippen LogP contribution in [0.3, 0.4) is 0 Å². The Labute approximate surface area is 131 Å². The van der Waals surface area contributed by atoms with Gasteiger partial charge in [-0.1, -0.05) is 35.9 Å². The summed E-state index contributed by atoms with van der Waals surface area (Å²) in [5.74, 6) is 0.849. The van der Waals surface area contributed by atoms with E-state index in [0.717, 1.165) is 17.0 Å². The molecule has 0 saturated carbocycles. The van der Waals surface area contributed by atoms with Crippen LogP contribution in [0.4, 0.5) is 5.69 Å². The third-order valence-corrected chi connectivity index (χ3v) is 3.40. The highest BCUT2D eigenvalue weighted by molar-refractivity contribution is 6.33. The van der Waals surface area contributed by atoms with Crippen LogP contribution in [-0.4, -0.2) is 12.6 Å². The zero-order valence-electron chi connectivity index (χ0n) is 12.3. The van der Waals surface area contributed by atoms with Gasteiger partial charge in [0.25, 0.3) is 0 Å². The molecule has 0 spiro atoms. The Bertz CT molecular complexity index is 587. The van der Waals surface area contributed by atoms with Crippen LogP contribution in [0.1, 0.15) is 25.5 Å². The first-order valence-corrected chi connectivity index (χ1v) is 7.45. The van der Waals surface area contributed by atoms with Gasteiger partial charge in [0.2, 0.25) is 0 Å². The Morgan fingerprint density at radius 2 is 1.90 bits per heavy atom. The van der Waals surface area contributed by atoms with Crippen molar-refractivity contribution in [2.45, 2.75) is 26.0 Å². The summed E-state index contributed by atoms with van der Waals surface area (Å²) in [5, 5.41) is 4.07. The third-order valence-electron chi connectivity index (χ3n) is 3.07. The van der Waals surface area contributed by atoms with Crippen LogP contribution < -0.4 is 15.8 Å². The standard InChI is InChI=1S/C17H21ClN2O/c1-12(2)21-14-7-5-6-13(10-14)17(11-19)20-16-9-4-3-8-15(16)18/h3-10,12,17,20H,11,19H2,1-2H3. The van der Waals surface area contributed by atoms with Crippen molar-refractivity contribution in [3.8, 4) is 5.75 Å². The zero-order chi connectivity index (χ0) is 15.2. The first-order valence-electron chi connectivity index (χ1n) is 7.08. The number of benzene rings is 2. The lowest BCUT2D eigenvalue weighted by atomic mass is 10.1. The molecule has 2 aromatic carbocycles. The van der Waals surface area contributed by atoms with E-state index >= 15 is 0 Å². The van der Waals surface area contributed by atoms with Crippen molar-refractivity contribution in [2.24, 2.45) is 5.73 Å². The van der Waals surface area contributed by atoms with Crippen LogP contribution in [0.25, 0.3) is 0 Å². The molecule has 1 unspecified atom stereocenters. The zero-order valence-corrected chi connectivity index (χ0v) is 13.1. The van der Waals surface area contributed by atoms with Crippen LogP contribution in [0.15, 0.2) is 48.5 Å². The molecule has 3 N–H and O–H groups in total. The van der Waals surface area contributed by atoms with E-state index in [1.807, 2.05) is 62.4 Å². The maximum Gasteiger partial charge on any atom is 0.120 e. The van der Waals surface area contributed by atoms with Crippen LogP contribution in [-0.2, 0) is 0 Å². The van der Waals surface area contributed by atoms with Crippen LogP contribution >= 0.6 is 11.6 Å². The quantitative estimate of drug-likeness (QED) is 0.839. The van der Waals surface area contributed by atoms with Gasteiger partial charge in [0.15, 0.2) is 0 Å². The molecule has 3 nitrogen and oxygen atoms in total. The molecule has 21 heavy (non-hydrogen) atoms. The molecule has 0 aliphatic carbocycles. The number of hydrogen-bond acceptors (Lipinski definition) is 3. The second kappa shape index (κ2) is 7.34. The number of nitrogens with one attached hydrogen (secondary N) is 1. The summed E-state index contributed by atoms with van der Waals surface area (Å²) >= 11 is 6.18. The number of anilines is 1. The number of para-hydroxylation sites is 1. The Morgan fingerprint density at radius 1 is 1.14 bits per heavy atom. The van der Waals surface area contributed by atoms with E-state index in [1.165, 1.54) is 0 Å². The lowest BCUT2D eigenvalue weighted by molar-refractivity contribution is 0.242. The lowest BCUT2D eigenvalue weighted by Crippen LogP contribution is -2.21. The molecule has 0 aliphatic rings. The van der Waals surface area contributed by atoms with E-state index < -0.39 is 0 Å². The van der Waals surface area contributed by atoms with Gasteiger partial charge in [-0.2, -0.15) is 0 Å². The van der Waals surface area contributed by atoms with E-state index in [4.69, 9.17) is 22.1 Å². The van der Waals surface area contributed by atoms with Gasteiger partial charge in [-0.25, -0.2) is 0 Å². The molecular weight excluding hydrogens is 284 g/mol. The summed E-state index contributed by atoms with van der Waals surface area (Å²) in [6.07, 6.45) is 0.146. The fourth-order valence-corrected chi connectivity index (χ4v) is 2.31. The van der Waals surface area contributed by atoms with E-state index in [2.05, 4.69) is 5.32 Å². The van der Waals surface area contributed by atoms with Crippen molar-refractivity contribution in [2.75, 3.05) is 11.9 Å². The Hall–Kier alpha value is -1.71. The minimum atomic E-state index is -0.0133. The van der Waals surface area contributed by atoms with E-state index in [9.17, 15) is 0 Å². The molecule has 0 radical (unpaired) electrons. The number of nitrogens with two attached hydrogens (primary N) is 1. The van der Waals surface area contributed by atoms with Gasteiger partial charge in [0.05, 0.1) is 22.9 Å². The average Bonchev–Trinajstić information content (AvgIpc) is 2.46. The largest absolute Gasteiger partial charge is 0.491 e. The van der Waals surface area contributed by atoms with Gasteiger partial charge >= 0.3 is 0 Å². The van der Waals surface area contributed by atoms with E-state index in [-0.39, 0.29) is 12.1 Å². The normalized spacial score (nSPS) is 12.2. The smallest absolute Gasteiger partial charge is 0.120 e. The van der Waals surface area contributed by atoms with Crippen LogP contribution in [0.5, 0.6) is 5.75 Å². The molecule has 1 atom stereocenters. The van der Waals surface area contributed by atoms with Gasteiger partial charge in [0, 0.05) is 6.54 Å². The average molecular weight is 305 g/mol. The van der Waals surface area contributed by atoms with Gasteiger partial charge in [0.1, 0.15) is 5.75 Å². The molecule has 2 rings (SSSR count). The number of ether oxygens (including phenoxy) is 1. The molecule has 4 heteroatoms. The maximum absolute atomic E-state index is 6.18. The molecule has 2 aromatic rings. The summed E-state index contributed by atoms with van der Waals surface area (Å²) in [5.41, 5.74) is 7.87. The van der Waals surface area contributed by atoms with Crippen molar-refractivity contribution < 1.29 is 4.74 Å². The highest BCUT2D eigenvalue weighted by Gasteiger charge is 2.12. The topological polar surface area (TPSA) is 47.3 Å². The number of halogens is 1. The molecule has 0 bridgehead atoms. The second-order valence-electron chi connectivity index (χ2n) is 5.15. The van der Waals surface area contributed by atoms with Crippen molar-refractivity contribution in [3.63, 3.8) is 0 Å². The second-order valence-corrected chi connectivity index (χ2v) is 5.56. The summed E-state index contributed by atoms with van der Waals surface area (Å²) in [4.78, 5) is 0. The highest BCUT2D eigenvalue weighted by atomic mass is 35.5. The molecule has 0 heterocycles. The van der Waals surface area contributed by atoms with Gasteiger partial charge < -0.3 is 15.8 Å². The Balaban J connectivity index is 2.19. The first kappa shape index (κ1) is 15.7. The summed E-state index contributed by atoms with van der Waals surface area (Å²) in [6, 6.07) is 15.6. The number of rotatable bonds is 6. The van der Waals surface area contributed by atoms with E-state index in [1.54, 1.807) is 0 Å². The fourth-order valence-electron chi connectivity index (χ4n) is 2.12. The molecule has 0 amide bonds. The first-order chi connectivity index (χ1) is 10.1. The van der Waals surface area contributed by atoms with Gasteiger partial charge in [-0.3, -0.25) is 0 Å². The summed E-state index contributed by atoms with van der Waals surface area (Å²) < 4.78 is 5.73. The molecule has 0 fully saturated rings. The minimum Gasteiger partial charge on any atom is -0.491 e. The molecule has 0 saturated heterocycles. The lowest BCUT2D eigenvalue weighted by Gasteiger charge is -2.20. The highest BCUT2D eigenvalue weighted by Crippen LogP contribution is 2.27. The van der Waals surface area contributed by atoms with Crippen molar-refractivity contribution in [1.29, 1.82) is 0 Å². The van der Waals surface area contributed by atoms with Crippen LogP contribution in [0, 0.1) is 0 Å². The fraction of sp³-hybridized carbons (Fsp3) is 0.294. The van der Waals surface area contributed by atoms with Gasteiger partial charge in [-0.15, -0.1) is 0 Å². The summed E-state index contributed by atoms with van der Waals surface area (Å²) in [7, 11) is 0. The summed E-state index contributed by atoms with van der Waals surface area (Å²) in [6.45, 7) is 4.49. The number of hydrogen-bond donors (Lipinski definition) is 2. The SMILES string of the molecule is CC(C)Oc1cccc(C(CN)Nc2ccccc2Cl)c1. The molecule has 0 aliphatic heterocycles. The predicted molar refractivity (Wildman–Crippen MR) is 89.1 cm³/mol. The van der Waals surface area contributed by atoms with Crippen molar-refractivity contribution in [1.82, 2.24) is 0 Å². The van der Waals surface area contributed by atoms with Gasteiger partial charge in [-0.05, 0) is 43.7 Å². The van der Waals surface area contributed by atoms with Crippen molar-refractivity contribution in [3.05, 3.63) is 59.1 Å². The molecule has 112 valence electrons. The molecular formula is C17H21ClN2O. The minimum absolute atomic E-state index is 0.0133. The predicted octanol–water partition coefficient (Wildman–Crippen LogP) is 4.24. The Kier molecular flexibility index (Phi) is 5.48.